The molecule has 3 aromatic rings. The van der Waals surface area contributed by atoms with Crippen LogP contribution in [0.4, 0.5) is 5.69 Å². The van der Waals surface area contributed by atoms with Gasteiger partial charge in [-0.3, -0.25) is 14.2 Å². The van der Waals surface area contributed by atoms with Gasteiger partial charge in [-0.2, -0.15) is 0 Å². The average Bonchev–Trinajstić information content (AvgIpc) is 2.71. The Morgan fingerprint density at radius 3 is 2.57 bits per heavy atom. The molecule has 0 radical (unpaired) electrons. The van der Waals surface area contributed by atoms with Gasteiger partial charge in [0.05, 0.1) is 22.8 Å². The molecule has 0 aliphatic heterocycles. The molecule has 1 N–H and O–H groups in total. The number of nitrogens with one attached hydrogen (secondary N) is 1. The molecular formula is C21H23N3O3S. The van der Waals surface area contributed by atoms with Crippen LogP contribution in [0.1, 0.15) is 20.3 Å². The molecule has 6 nitrogen and oxygen atoms in total. The van der Waals surface area contributed by atoms with E-state index in [0.717, 1.165) is 5.75 Å². The molecule has 0 saturated carbocycles. The Hall–Kier alpha value is -2.80. The van der Waals surface area contributed by atoms with Crippen LogP contribution < -0.4 is 15.6 Å². The Labute approximate surface area is 167 Å². The molecule has 1 atom stereocenters. The van der Waals surface area contributed by atoms with E-state index in [2.05, 4.69) is 10.3 Å². The molecule has 146 valence electrons. The summed E-state index contributed by atoms with van der Waals surface area (Å²) >= 11 is 1.30. The van der Waals surface area contributed by atoms with Crippen LogP contribution in [0, 0.1) is 0 Å². The Morgan fingerprint density at radius 1 is 1.18 bits per heavy atom. The fourth-order valence-corrected chi connectivity index (χ4v) is 3.76. The van der Waals surface area contributed by atoms with Crippen molar-refractivity contribution in [1.82, 2.24) is 9.55 Å². The molecule has 0 aliphatic carbocycles. The van der Waals surface area contributed by atoms with Crippen LogP contribution in [0.3, 0.4) is 0 Å². The summed E-state index contributed by atoms with van der Waals surface area (Å²) < 4.78 is 6.92. The van der Waals surface area contributed by atoms with Crippen molar-refractivity contribution in [1.29, 1.82) is 0 Å². The van der Waals surface area contributed by atoms with E-state index in [1.807, 2.05) is 56.3 Å². The first-order chi connectivity index (χ1) is 13.5. The first-order valence-corrected chi connectivity index (χ1v) is 10.1. The van der Waals surface area contributed by atoms with Gasteiger partial charge in [-0.25, -0.2) is 4.98 Å². The number of nitrogens with zero attached hydrogens (tertiary/aromatic N) is 2. The van der Waals surface area contributed by atoms with Crippen molar-refractivity contribution >= 4 is 34.3 Å². The highest BCUT2D eigenvalue weighted by atomic mass is 32.2. The quantitative estimate of drug-likeness (QED) is 0.484. The van der Waals surface area contributed by atoms with E-state index in [1.165, 1.54) is 16.3 Å². The third-order valence-electron chi connectivity index (χ3n) is 4.29. The summed E-state index contributed by atoms with van der Waals surface area (Å²) in [7, 11) is 1.68. The minimum absolute atomic E-state index is 0.116. The first kappa shape index (κ1) is 19.9. The molecule has 0 spiro atoms. The summed E-state index contributed by atoms with van der Waals surface area (Å²) in [5, 5.41) is 3.65. The highest BCUT2D eigenvalue weighted by Crippen LogP contribution is 2.25. The van der Waals surface area contributed by atoms with Crippen LogP contribution in [-0.2, 0) is 11.8 Å². The number of benzene rings is 2. The molecule has 2 aromatic carbocycles. The predicted octanol–water partition coefficient (Wildman–Crippen LogP) is 3.84. The second-order valence-electron chi connectivity index (χ2n) is 6.24. The molecule has 28 heavy (non-hydrogen) atoms. The number of carbonyl (C=O) groups is 1. The lowest BCUT2D eigenvalue weighted by atomic mass is 10.2. The lowest BCUT2D eigenvalue weighted by Gasteiger charge is -2.16. The molecule has 0 aliphatic rings. The fourth-order valence-electron chi connectivity index (χ4n) is 2.78. The van der Waals surface area contributed by atoms with E-state index in [0.29, 0.717) is 34.8 Å². The van der Waals surface area contributed by atoms with Crippen molar-refractivity contribution < 1.29 is 9.53 Å². The maximum atomic E-state index is 12.7. The van der Waals surface area contributed by atoms with Crippen LogP contribution in [0.5, 0.6) is 5.75 Å². The number of amides is 1. The maximum absolute atomic E-state index is 12.7. The van der Waals surface area contributed by atoms with Crippen molar-refractivity contribution in [2.24, 2.45) is 7.05 Å². The van der Waals surface area contributed by atoms with Gasteiger partial charge in [0.15, 0.2) is 5.16 Å². The highest BCUT2D eigenvalue weighted by Gasteiger charge is 2.21. The van der Waals surface area contributed by atoms with E-state index in [-0.39, 0.29) is 16.7 Å². The molecule has 1 aromatic heterocycles. The van der Waals surface area contributed by atoms with Crippen molar-refractivity contribution in [3.05, 3.63) is 58.9 Å². The molecule has 7 heteroatoms. The Balaban J connectivity index is 1.78. The standard InChI is InChI=1S/C21H23N3O3S/c1-4-18(19(25)22-14-10-12-15(13-11-14)27-5-2)28-21-23-17-9-7-6-8-16(17)20(26)24(21)3/h6-13,18H,4-5H2,1-3H3,(H,22,25). The largest absolute Gasteiger partial charge is 0.494 e. The van der Waals surface area contributed by atoms with Gasteiger partial charge >= 0.3 is 0 Å². The van der Waals surface area contributed by atoms with Crippen LogP contribution in [0.25, 0.3) is 10.9 Å². The van der Waals surface area contributed by atoms with E-state index in [9.17, 15) is 9.59 Å². The monoisotopic (exact) mass is 397 g/mol. The molecule has 1 unspecified atom stereocenters. The summed E-state index contributed by atoms with van der Waals surface area (Å²) in [4.78, 5) is 29.9. The number of thioether (sulfide) groups is 1. The van der Waals surface area contributed by atoms with Crippen molar-refractivity contribution in [3.63, 3.8) is 0 Å². The van der Waals surface area contributed by atoms with Crippen molar-refractivity contribution in [2.45, 2.75) is 30.7 Å². The van der Waals surface area contributed by atoms with Crippen molar-refractivity contribution in [2.75, 3.05) is 11.9 Å². The molecule has 1 heterocycles. The Morgan fingerprint density at radius 2 is 1.89 bits per heavy atom. The van der Waals surface area contributed by atoms with Gasteiger partial charge < -0.3 is 10.1 Å². The minimum atomic E-state index is -0.370. The highest BCUT2D eigenvalue weighted by molar-refractivity contribution is 8.00. The van der Waals surface area contributed by atoms with E-state index >= 15 is 0 Å². The molecule has 0 bridgehead atoms. The summed E-state index contributed by atoms with van der Waals surface area (Å²) in [6, 6.07) is 14.5. The van der Waals surface area contributed by atoms with E-state index in [1.54, 1.807) is 13.1 Å². The SMILES string of the molecule is CCOc1ccc(NC(=O)C(CC)Sc2nc3ccccc3c(=O)n2C)cc1. The topological polar surface area (TPSA) is 73.2 Å². The smallest absolute Gasteiger partial charge is 0.261 e. The van der Waals surface area contributed by atoms with Gasteiger partial charge in [0, 0.05) is 12.7 Å². The van der Waals surface area contributed by atoms with E-state index < -0.39 is 0 Å². The van der Waals surface area contributed by atoms with Crippen LogP contribution in [0.2, 0.25) is 0 Å². The van der Waals surface area contributed by atoms with Gasteiger partial charge in [0.25, 0.3) is 5.56 Å². The number of para-hydroxylation sites is 1. The van der Waals surface area contributed by atoms with Gasteiger partial charge in [-0.1, -0.05) is 30.8 Å². The normalized spacial score (nSPS) is 12.0. The Bertz CT molecular complexity index is 1030. The van der Waals surface area contributed by atoms with Gasteiger partial charge in [0.1, 0.15) is 5.75 Å². The summed E-state index contributed by atoms with van der Waals surface area (Å²) in [5.74, 6) is 0.636. The Kier molecular flexibility index (Phi) is 6.36. The second-order valence-corrected chi connectivity index (χ2v) is 7.41. The summed E-state index contributed by atoms with van der Waals surface area (Å²) in [6.07, 6.45) is 0.607. The maximum Gasteiger partial charge on any atom is 0.261 e. The van der Waals surface area contributed by atoms with Crippen LogP contribution in [0.15, 0.2) is 58.5 Å². The summed E-state index contributed by atoms with van der Waals surface area (Å²) in [5.41, 5.74) is 1.22. The number of rotatable bonds is 7. The summed E-state index contributed by atoms with van der Waals surface area (Å²) in [6.45, 7) is 4.46. The number of aromatic nitrogens is 2. The third kappa shape index (κ3) is 4.36. The number of anilines is 1. The molecule has 1 amide bonds. The first-order valence-electron chi connectivity index (χ1n) is 9.19. The number of fused-ring (bicyclic) bond motifs is 1. The molecule has 0 fully saturated rings. The molecule has 0 saturated heterocycles. The molecule has 3 rings (SSSR count). The van der Waals surface area contributed by atoms with Crippen molar-refractivity contribution in [3.8, 4) is 5.75 Å². The minimum Gasteiger partial charge on any atom is -0.494 e. The van der Waals surface area contributed by atoms with Gasteiger partial charge in [-0.05, 0) is 49.7 Å². The average molecular weight is 398 g/mol. The van der Waals surface area contributed by atoms with Crippen LogP contribution >= 0.6 is 11.8 Å². The number of ether oxygens (including phenoxy) is 1. The fraction of sp³-hybridized carbons (Fsp3) is 0.286. The second kappa shape index (κ2) is 8.93. The van der Waals surface area contributed by atoms with Crippen LogP contribution in [-0.4, -0.2) is 27.3 Å². The molecular weight excluding hydrogens is 374 g/mol. The lowest BCUT2D eigenvalue weighted by Crippen LogP contribution is -2.27. The third-order valence-corrected chi connectivity index (χ3v) is 5.69. The zero-order valence-electron chi connectivity index (χ0n) is 16.1. The lowest BCUT2D eigenvalue weighted by molar-refractivity contribution is -0.115. The van der Waals surface area contributed by atoms with E-state index in [4.69, 9.17) is 4.74 Å². The number of carbonyl (C=O) groups excluding carboxylic acids is 1. The number of hydrogen-bond acceptors (Lipinski definition) is 5. The van der Waals surface area contributed by atoms with Gasteiger partial charge in [-0.15, -0.1) is 0 Å². The zero-order valence-corrected chi connectivity index (χ0v) is 17.0. The predicted molar refractivity (Wildman–Crippen MR) is 113 cm³/mol. The zero-order chi connectivity index (χ0) is 20.1. The van der Waals surface area contributed by atoms with Gasteiger partial charge in [0.2, 0.25) is 5.91 Å². The number of hydrogen-bond donors (Lipinski definition) is 1.